The number of aromatic nitrogens is 1. The number of carbonyl (C=O) groups is 1. The first-order valence-electron chi connectivity index (χ1n) is 8.64. The quantitative estimate of drug-likeness (QED) is 0.894. The van der Waals surface area contributed by atoms with Crippen molar-refractivity contribution in [3.05, 3.63) is 30.5 Å². The molecule has 0 saturated carbocycles. The SMILES string of the molecule is CC[C@H]1CN2CCC[C@H]2CN1C(=O)Nc1cccc2[nH]ccc12. The largest absolute Gasteiger partial charge is 0.361 e. The van der Waals surface area contributed by atoms with E-state index in [9.17, 15) is 4.79 Å². The van der Waals surface area contributed by atoms with Gasteiger partial charge >= 0.3 is 6.03 Å². The van der Waals surface area contributed by atoms with Crippen molar-refractivity contribution in [2.45, 2.75) is 38.3 Å². The Labute approximate surface area is 136 Å². The monoisotopic (exact) mass is 312 g/mol. The van der Waals surface area contributed by atoms with Gasteiger partial charge in [0.15, 0.2) is 0 Å². The molecule has 0 spiro atoms. The maximum atomic E-state index is 12.9. The molecule has 23 heavy (non-hydrogen) atoms. The van der Waals surface area contributed by atoms with Gasteiger partial charge in [-0.05, 0) is 44.0 Å². The molecule has 0 aliphatic carbocycles. The molecule has 0 radical (unpaired) electrons. The molecule has 5 nitrogen and oxygen atoms in total. The molecule has 2 fully saturated rings. The van der Waals surface area contributed by atoms with Gasteiger partial charge in [-0.3, -0.25) is 4.90 Å². The Hall–Kier alpha value is -2.01. The molecule has 0 unspecified atom stereocenters. The van der Waals surface area contributed by atoms with E-state index < -0.39 is 0 Å². The first-order valence-corrected chi connectivity index (χ1v) is 8.64. The number of rotatable bonds is 2. The number of urea groups is 1. The molecule has 1 aromatic carbocycles. The van der Waals surface area contributed by atoms with Gasteiger partial charge in [0, 0.05) is 42.3 Å². The number of nitrogens with zero attached hydrogens (tertiary/aromatic N) is 2. The zero-order valence-electron chi connectivity index (χ0n) is 13.6. The van der Waals surface area contributed by atoms with Crippen LogP contribution in [0.15, 0.2) is 30.5 Å². The maximum absolute atomic E-state index is 12.9. The van der Waals surface area contributed by atoms with E-state index in [0.717, 1.165) is 36.1 Å². The van der Waals surface area contributed by atoms with Gasteiger partial charge in [0.05, 0.1) is 5.69 Å². The number of hydrogen-bond donors (Lipinski definition) is 2. The van der Waals surface area contributed by atoms with Crippen LogP contribution in [0.3, 0.4) is 0 Å². The molecule has 2 aliphatic heterocycles. The Morgan fingerprint density at radius 3 is 3.13 bits per heavy atom. The standard InChI is InChI=1S/C18H24N4O/c1-2-13-11-21-10-4-5-14(21)12-22(13)18(23)20-17-7-3-6-16-15(17)8-9-19-16/h3,6-9,13-14,19H,2,4-5,10-12H2,1H3,(H,20,23)/t13-,14-/m0/s1. The molecule has 5 heteroatoms. The molecule has 1 aromatic heterocycles. The van der Waals surface area contributed by atoms with Gasteiger partial charge in [-0.25, -0.2) is 4.79 Å². The lowest BCUT2D eigenvalue weighted by molar-refractivity contribution is 0.0767. The highest BCUT2D eigenvalue weighted by Crippen LogP contribution is 2.27. The third-order valence-corrected chi connectivity index (χ3v) is 5.36. The summed E-state index contributed by atoms with van der Waals surface area (Å²) < 4.78 is 0. The lowest BCUT2D eigenvalue weighted by Gasteiger charge is -2.43. The van der Waals surface area contributed by atoms with E-state index in [1.54, 1.807) is 0 Å². The van der Waals surface area contributed by atoms with Crippen LogP contribution >= 0.6 is 0 Å². The number of carbonyl (C=O) groups excluding carboxylic acids is 1. The summed E-state index contributed by atoms with van der Waals surface area (Å²) in [6.07, 6.45) is 5.39. The van der Waals surface area contributed by atoms with Crippen molar-refractivity contribution < 1.29 is 4.79 Å². The van der Waals surface area contributed by atoms with Gasteiger partial charge in [0.25, 0.3) is 0 Å². The minimum atomic E-state index is 0.0390. The number of nitrogens with one attached hydrogen (secondary N) is 2. The topological polar surface area (TPSA) is 51.4 Å². The first kappa shape index (κ1) is 14.6. The fourth-order valence-corrected chi connectivity index (χ4v) is 4.07. The minimum absolute atomic E-state index is 0.0390. The van der Waals surface area contributed by atoms with Crippen LogP contribution < -0.4 is 5.32 Å². The second-order valence-corrected chi connectivity index (χ2v) is 6.68. The third-order valence-electron chi connectivity index (χ3n) is 5.36. The zero-order valence-corrected chi connectivity index (χ0v) is 13.6. The lowest BCUT2D eigenvalue weighted by Crippen LogP contribution is -2.58. The Bertz CT molecular complexity index is 710. The summed E-state index contributed by atoms with van der Waals surface area (Å²) in [5, 5.41) is 4.20. The molecular formula is C18H24N4O. The lowest BCUT2D eigenvalue weighted by atomic mass is 10.1. The van der Waals surface area contributed by atoms with E-state index in [2.05, 4.69) is 27.0 Å². The normalized spacial score (nSPS) is 24.8. The highest BCUT2D eigenvalue weighted by Gasteiger charge is 2.37. The molecule has 2 saturated heterocycles. The number of anilines is 1. The van der Waals surface area contributed by atoms with E-state index in [-0.39, 0.29) is 6.03 Å². The van der Waals surface area contributed by atoms with Crippen molar-refractivity contribution >= 4 is 22.6 Å². The molecule has 4 rings (SSSR count). The van der Waals surface area contributed by atoms with E-state index in [4.69, 9.17) is 0 Å². The summed E-state index contributed by atoms with van der Waals surface area (Å²) in [6.45, 7) is 5.24. The Balaban J connectivity index is 1.54. The van der Waals surface area contributed by atoms with Gasteiger partial charge in [0.2, 0.25) is 0 Å². The summed E-state index contributed by atoms with van der Waals surface area (Å²) in [5.74, 6) is 0. The number of aromatic amines is 1. The van der Waals surface area contributed by atoms with Crippen LogP contribution in [0.4, 0.5) is 10.5 Å². The molecule has 2 amide bonds. The van der Waals surface area contributed by atoms with Crippen LogP contribution in [0.25, 0.3) is 10.9 Å². The van der Waals surface area contributed by atoms with E-state index in [1.807, 2.05) is 30.5 Å². The second kappa shape index (κ2) is 5.89. The Morgan fingerprint density at radius 1 is 1.35 bits per heavy atom. The van der Waals surface area contributed by atoms with E-state index in [1.165, 1.54) is 19.4 Å². The van der Waals surface area contributed by atoms with E-state index in [0.29, 0.717) is 12.1 Å². The first-order chi connectivity index (χ1) is 11.3. The highest BCUT2D eigenvalue weighted by molar-refractivity contribution is 6.00. The van der Waals surface area contributed by atoms with Gasteiger partial charge in [-0.15, -0.1) is 0 Å². The van der Waals surface area contributed by atoms with Gasteiger partial charge in [-0.2, -0.15) is 0 Å². The van der Waals surface area contributed by atoms with Crippen LogP contribution in [0, 0.1) is 0 Å². The average molecular weight is 312 g/mol. The van der Waals surface area contributed by atoms with Crippen molar-refractivity contribution in [3.63, 3.8) is 0 Å². The number of amides is 2. The summed E-state index contributed by atoms with van der Waals surface area (Å²) in [5.41, 5.74) is 1.94. The third kappa shape index (κ3) is 2.59. The molecule has 2 N–H and O–H groups in total. The number of piperazine rings is 1. The zero-order chi connectivity index (χ0) is 15.8. The Morgan fingerprint density at radius 2 is 2.26 bits per heavy atom. The summed E-state index contributed by atoms with van der Waals surface area (Å²) >= 11 is 0. The minimum Gasteiger partial charge on any atom is -0.361 e. The summed E-state index contributed by atoms with van der Waals surface area (Å²) in [4.78, 5) is 20.7. The fraction of sp³-hybridized carbons (Fsp3) is 0.500. The van der Waals surface area contributed by atoms with Crippen LogP contribution in [-0.4, -0.2) is 52.5 Å². The number of hydrogen-bond acceptors (Lipinski definition) is 2. The highest BCUT2D eigenvalue weighted by atomic mass is 16.2. The van der Waals surface area contributed by atoms with Crippen LogP contribution in [0.5, 0.6) is 0 Å². The van der Waals surface area contributed by atoms with Crippen LogP contribution in [-0.2, 0) is 0 Å². The fourth-order valence-electron chi connectivity index (χ4n) is 4.07. The summed E-state index contributed by atoms with van der Waals surface area (Å²) in [7, 11) is 0. The number of fused-ring (bicyclic) bond motifs is 2. The van der Waals surface area contributed by atoms with Crippen molar-refractivity contribution in [2.24, 2.45) is 0 Å². The molecule has 2 aromatic rings. The smallest absolute Gasteiger partial charge is 0.322 e. The maximum Gasteiger partial charge on any atom is 0.322 e. The molecule has 0 bridgehead atoms. The molecule has 2 aliphatic rings. The van der Waals surface area contributed by atoms with Gasteiger partial charge in [0.1, 0.15) is 0 Å². The molecule has 122 valence electrons. The van der Waals surface area contributed by atoms with E-state index >= 15 is 0 Å². The van der Waals surface area contributed by atoms with Crippen molar-refractivity contribution in [1.82, 2.24) is 14.8 Å². The predicted octanol–water partition coefficient (Wildman–Crippen LogP) is 3.26. The van der Waals surface area contributed by atoms with Gasteiger partial charge in [-0.1, -0.05) is 13.0 Å². The van der Waals surface area contributed by atoms with Crippen molar-refractivity contribution in [3.8, 4) is 0 Å². The van der Waals surface area contributed by atoms with Crippen LogP contribution in [0.1, 0.15) is 26.2 Å². The van der Waals surface area contributed by atoms with Crippen molar-refractivity contribution in [2.75, 3.05) is 25.0 Å². The second-order valence-electron chi connectivity index (χ2n) is 6.68. The van der Waals surface area contributed by atoms with Gasteiger partial charge < -0.3 is 15.2 Å². The number of benzene rings is 1. The predicted molar refractivity (Wildman–Crippen MR) is 92.7 cm³/mol. The molecule has 2 atom stereocenters. The molecule has 3 heterocycles. The average Bonchev–Trinajstić information content (AvgIpc) is 3.22. The summed E-state index contributed by atoms with van der Waals surface area (Å²) in [6, 6.07) is 8.88. The molecular weight excluding hydrogens is 288 g/mol. The Kier molecular flexibility index (Phi) is 3.73. The van der Waals surface area contributed by atoms with Crippen LogP contribution in [0.2, 0.25) is 0 Å². The van der Waals surface area contributed by atoms with Crippen molar-refractivity contribution in [1.29, 1.82) is 0 Å². The number of H-pyrrole nitrogens is 1.